The largest absolute Gasteiger partial charge is 0.377 e. The van der Waals surface area contributed by atoms with Crippen LogP contribution in [0.25, 0.3) is 11.0 Å². The van der Waals surface area contributed by atoms with E-state index in [1.807, 2.05) is 22.6 Å². The number of carbonyl (C=O) groups is 1. The predicted molar refractivity (Wildman–Crippen MR) is 91.2 cm³/mol. The van der Waals surface area contributed by atoms with Crippen molar-refractivity contribution in [1.29, 1.82) is 0 Å². The number of ether oxygens (including phenoxy) is 1. The molecule has 0 radical (unpaired) electrons. The number of hydrogen-bond donors (Lipinski definition) is 0. The molecule has 2 aromatic rings. The molecule has 2 aliphatic rings. The lowest BCUT2D eigenvalue weighted by molar-refractivity contribution is 0.00369. The molecule has 1 amide bonds. The van der Waals surface area contributed by atoms with Crippen LogP contribution in [0.5, 0.6) is 0 Å². The summed E-state index contributed by atoms with van der Waals surface area (Å²) in [5, 5.41) is 5.34. The molecular weight excluding hydrogens is 304 g/mol. The van der Waals surface area contributed by atoms with E-state index in [1.54, 1.807) is 6.20 Å². The van der Waals surface area contributed by atoms with Gasteiger partial charge in [-0.25, -0.2) is 9.67 Å². The molecule has 24 heavy (non-hydrogen) atoms. The zero-order valence-corrected chi connectivity index (χ0v) is 14.5. The lowest BCUT2D eigenvalue weighted by Gasteiger charge is -2.33. The van der Waals surface area contributed by atoms with Crippen LogP contribution < -0.4 is 0 Å². The normalized spacial score (nSPS) is 21.7. The maximum absolute atomic E-state index is 13.2. The molecule has 4 rings (SSSR count). The Hall–Kier alpha value is -1.95. The molecule has 3 heterocycles. The van der Waals surface area contributed by atoms with Gasteiger partial charge < -0.3 is 9.64 Å². The molecule has 0 aromatic carbocycles. The van der Waals surface area contributed by atoms with Gasteiger partial charge in [-0.15, -0.1) is 0 Å². The van der Waals surface area contributed by atoms with Gasteiger partial charge in [0, 0.05) is 24.2 Å². The fraction of sp³-hybridized carbons (Fsp3) is 0.611. The van der Waals surface area contributed by atoms with Gasteiger partial charge in [0.05, 0.1) is 36.4 Å². The van der Waals surface area contributed by atoms with E-state index in [0.717, 1.165) is 35.1 Å². The van der Waals surface area contributed by atoms with Crippen molar-refractivity contribution in [2.45, 2.75) is 51.6 Å². The first kappa shape index (κ1) is 15.6. The van der Waals surface area contributed by atoms with E-state index in [1.165, 1.54) is 0 Å². The van der Waals surface area contributed by atoms with Crippen molar-refractivity contribution in [3.8, 4) is 0 Å². The van der Waals surface area contributed by atoms with Crippen LogP contribution in [-0.2, 0) is 4.74 Å². The van der Waals surface area contributed by atoms with Crippen molar-refractivity contribution in [3.63, 3.8) is 0 Å². The first-order chi connectivity index (χ1) is 11.6. The summed E-state index contributed by atoms with van der Waals surface area (Å²) >= 11 is 0. The Bertz CT molecular complexity index is 779. The van der Waals surface area contributed by atoms with Gasteiger partial charge in [0.2, 0.25) is 0 Å². The van der Waals surface area contributed by atoms with Gasteiger partial charge in [0.15, 0.2) is 5.65 Å². The molecule has 6 nitrogen and oxygen atoms in total. The van der Waals surface area contributed by atoms with Gasteiger partial charge in [-0.3, -0.25) is 4.79 Å². The summed E-state index contributed by atoms with van der Waals surface area (Å²) < 4.78 is 7.39. The summed E-state index contributed by atoms with van der Waals surface area (Å²) in [4.78, 5) is 20.0. The standard InChI is InChI=1S/C18H24N4O2/c1-11(2)22-17-15(9-19-22)14(8-16(20-17)13-4-5-13)18(23)21-6-7-24-10-12(21)3/h8-9,11-13H,4-7,10H2,1-3H3. The fourth-order valence-corrected chi connectivity index (χ4v) is 3.36. The number of fused-ring (bicyclic) bond motifs is 1. The molecule has 6 heteroatoms. The summed E-state index contributed by atoms with van der Waals surface area (Å²) in [5.74, 6) is 0.571. The van der Waals surface area contributed by atoms with Crippen molar-refractivity contribution in [2.75, 3.05) is 19.8 Å². The Morgan fingerprint density at radius 2 is 2.17 bits per heavy atom. The van der Waals surface area contributed by atoms with Crippen molar-refractivity contribution < 1.29 is 9.53 Å². The maximum Gasteiger partial charge on any atom is 0.255 e. The van der Waals surface area contributed by atoms with E-state index >= 15 is 0 Å². The Morgan fingerprint density at radius 1 is 1.38 bits per heavy atom. The zero-order valence-electron chi connectivity index (χ0n) is 14.5. The first-order valence-corrected chi connectivity index (χ1v) is 8.83. The Kier molecular flexibility index (Phi) is 3.79. The molecule has 1 aliphatic heterocycles. The minimum absolute atomic E-state index is 0.0726. The highest BCUT2D eigenvalue weighted by atomic mass is 16.5. The summed E-state index contributed by atoms with van der Waals surface area (Å²) in [6.07, 6.45) is 4.11. The van der Waals surface area contributed by atoms with Crippen LogP contribution in [0.1, 0.15) is 61.6 Å². The molecule has 2 aromatic heterocycles. The molecule has 1 unspecified atom stereocenters. The highest BCUT2D eigenvalue weighted by Gasteiger charge is 2.31. The topological polar surface area (TPSA) is 60.2 Å². The average Bonchev–Trinajstić information content (AvgIpc) is 3.32. The molecule has 0 spiro atoms. The Balaban J connectivity index is 1.82. The number of rotatable bonds is 3. The summed E-state index contributed by atoms with van der Waals surface area (Å²) in [7, 11) is 0. The number of hydrogen-bond acceptors (Lipinski definition) is 4. The maximum atomic E-state index is 13.2. The van der Waals surface area contributed by atoms with Crippen molar-refractivity contribution in [3.05, 3.63) is 23.5 Å². The second-order valence-corrected chi connectivity index (χ2v) is 7.21. The number of nitrogens with zero attached hydrogens (tertiary/aromatic N) is 4. The number of carbonyl (C=O) groups excluding carboxylic acids is 1. The molecule has 1 saturated heterocycles. The third-order valence-corrected chi connectivity index (χ3v) is 4.93. The third-order valence-electron chi connectivity index (χ3n) is 4.93. The highest BCUT2D eigenvalue weighted by Crippen LogP contribution is 2.40. The van der Waals surface area contributed by atoms with Crippen LogP contribution in [0, 0.1) is 0 Å². The third kappa shape index (κ3) is 2.59. The lowest BCUT2D eigenvalue weighted by Crippen LogP contribution is -2.47. The van der Waals surface area contributed by atoms with E-state index in [4.69, 9.17) is 9.72 Å². The predicted octanol–water partition coefficient (Wildman–Crippen LogP) is 2.75. The first-order valence-electron chi connectivity index (χ1n) is 8.83. The summed E-state index contributed by atoms with van der Waals surface area (Å²) in [6, 6.07) is 2.31. The number of morpholine rings is 1. The van der Waals surface area contributed by atoms with Gasteiger partial charge in [-0.05, 0) is 39.7 Å². The average molecular weight is 328 g/mol. The van der Waals surface area contributed by atoms with Crippen LogP contribution >= 0.6 is 0 Å². The van der Waals surface area contributed by atoms with Crippen molar-refractivity contribution in [1.82, 2.24) is 19.7 Å². The summed E-state index contributed by atoms with van der Waals surface area (Å²) in [5.41, 5.74) is 2.61. The molecule has 2 fully saturated rings. The molecule has 1 aliphatic carbocycles. The number of amides is 1. The van der Waals surface area contributed by atoms with Gasteiger partial charge in [0.25, 0.3) is 5.91 Å². The van der Waals surface area contributed by atoms with Crippen LogP contribution in [-0.4, -0.2) is 51.4 Å². The minimum atomic E-state index is 0.0726. The Morgan fingerprint density at radius 3 is 2.83 bits per heavy atom. The molecule has 1 atom stereocenters. The zero-order chi connectivity index (χ0) is 16.8. The molecule has 1 saturated carbocycles. The molecular formula is C18H24N4O2. The van der Waals surface area contributed by atoms with Crippen LogP contribution in [0.15, 0.2) is 12.3 Å². The van der Waals surface area contributed by atoms with Crippen LogP contribution in [0.4, 0.5) is 0 Å². The number of pyridine rings is 1. The van der Waals surface area contributed by atoms with E-state index in [2.05, 4.69) is 18.9 Å². The highest BCUT2D eigenvalue weighted by molar-refractivity contribution is 6.05. The molecule has 0 N–H and O–H groups in total. The molecule has 128 valence electrons. The monoisotopic (exact) mass is 328 g/mol. The van der Waals surface area contributed by atoms with E-state index < -0.39 is 0 Å². The van der Waals surface area contributed by atoms with Gasteiger partial charge in [-0.1, -0.05) is 0 Å². The van der Waals surface area contributed by atoms with E-state index in [9.17, 15) is 4.79 Å². The SMILES string of the molecule is CC1COCCN1C(=O)c1cc(C2CC2)nc2c1cnn2C(C)C. The smallest absolute Gasteiger partial charge is 0.255 e. The van der Waals surface area contributed by atoms with Crippen molar-refractivity contribution in [2.24, 2.45) is 0 Å². The lowest BCUT2D eigenvalue weighted by atomic mass is 10.1. The Labute approximate surface area is 141 Å². The van der Waals surface area contributed by atoms with Gasteiger partial charge in [-0.2, -0.15) is 5.10 Å². The van der Waals surface area contributed by atoms with Crippen molar-refractivity contribution >= 4 is 16.9 Å². The minimum Gasteiger partial charge on any atom is -0.377 e. The van der Waals surface area contributed by atoms with Gasteiger partial charge in [0.1, 0.15) is 0 Å². The second-order valence-electron chi connectivity index (χ2n) is 7.21. The van der Waals surface area contributed by atoms with E-state index in [0.29, 0.717) is 25.7 Å². The van der Waals surface area contributed by atoms with Crippen LogP contribution in [0.2, 0.25) is 0 Å². The fourth-order valence-electron chi connectivity index (χ4n) is 3.36. The molecule has 0 bridgehead atoms. The number of aromatic nitrogens is 3. The second kappa shape index (κ2) is 5.84. The van der Waals surface area contributed by atoms with Gasteiger partial charge >= 0.3 is 0 Å². The quantitative estimate of drug-likeness (QED) is 0.869. The summed E-state index contributed by atoms with van der Waals surface area (Å²) in [6.45, 7) is 8.05. The van der Waals surface area contributed by atoms with E-state index in [-0.39, 0.29) is 18.0 Å². The van der Waals surface area contributed by atoms with Crippen LogP contribution in [0.3, 0.4) is 0 Å².